The van der Waals surface area contributed by atoms with E-state index in [2.05, 4.69) is 25.9 Å². The van der Waals surface area contributed by atoms with Crippen LogP contribution in [0.4, 0.5) is 0 Å². The highest BCUT2D eigenvalue weighted by atomic mass is 35.5. The second-order valence-corrected chi connectivity index (χ2v) is 12.7. The van der Waals surface area contributed by atoms with Gasteiger partial charge in [0, 0.05) is 21.2 Å². The van der Waals surface area contributed by atoms with E-state index in [1.165, 1.54) is 54.6 Å². The van der Waals surface area contributed by atoms with E-state index in [4.69, 9.17) is 60.9 Å². The fraction of sp³-hybridized carbons (Fsp3) is 0.143. The number of aromatic nitrogens is 6. The maximum Gasteiger partial charge on any atom is 0.339 e. The molecular formula is C35H26Cl4N6O8. The zero-order valence-electron chi connectivity index (χ0n) is 27.6. The fourth-order valence-electron chi connectivity index (χ4n) is 5.50. The molecule has 0 amide bonds. The summed E-state index contributed by atoms with van der Waals surface area (Å²) in [4.78, 5) is 82.7. The van der Waals surface area contributed by atoms with Crippen LogP contribution in [0.2, 0.25) is 20.1 Å². The number of esters is 1. The van der Waals surface area contributed by atoms with Gasteiger partial charge in [0.05, 0.1) is 56.5 Å². The lowest BCUT2D eigenvalue weighted by molar-refractivity contribution is -0.300. The molecule has 0 aliphatic carbocycles. The summed E-state index contributed by atoms with van der Waals surface area (Å²) in [7, 11) is 0. The molecule has 0 radical (unpaired) electrons. The van der Waals surface area contributed by atoms with E-state index < -0.39 is 28.2 Å². The number of carbonyl (C=O) groups is 1. The van der Waals surface area contributed by atoms with Gasteiger partial charge in [0.2, 0.25) is 0 Å². The molecule has 0 atom stereocenters. The van der Waals surface area contributed by atoms with Gasteiger partial charge in [-0.05, 0) is 68.5 Å². The summed E-state index contributed by atoms with van der Waals surface area (Å²) in [6.45, 7) is 3.15. The van der Waals surface area contributed by atoms with Crippen LogP contribution in [0.25, 0.3) is 45.6 Å². The van der Waals surface area contributed by atoms with Crippen molar-refractivity contribution in [2.75, 3.05) is 13.2 Å². The second-order valence-electron chi connectivity index (χ2n) is 11.0. The molecule has 4 aromatic heterocycles. The number of nitrogens with one attached hydrogen (secondary N) is 4. The Morgan fingerprint density at radius 3 is 1.92 bits per heavy atom. The van der Waals surface area contributed by atoms with Gasteiger partial charge in [-0.15, -0.1) is 5.73 Å². The van der Waals surface area contributed by atoms with Crippen LogP contribution in [0.1, 0.15) is 40.9 Å². The van der Waals surface area contributed by atoms with E-state index in [9.17, 15) is 24.0 Å². The van der Waals surface area contributed by atoms with Crippen molar-refractivity contribution in [1.82, 2.24) is 29.5 Å². The Bertz CT molecular complexity index is 2760. The van der Waals surface area contributed by atoms with Gasteiger partial charge in [0.15, 0.2) is 0 Å². The summed E-state index contributed by atoms with van der Waals surface area (Å²) in [5, 5.41) is 6.57. The summed E-state index contributed by atoms with van der Waals surface area (Å²) >= 11 is 24.9. The summed E-state index contributed by atoms with van der Waals surface area (Å²) in [6, 6.07) is 9.05. The van der Waals surface area contributed by atoms with Gasteiger partial charge < -0.3 is 14.7 Å². The fourth-order valence-corrected chi connectivity index (χ4v) is 6.23. The Balaban J connectivity index is 1.45. The third-order valence-corrected chi connectivity index (χ3v) is 8.87. The van der Waals surface area contributed by atoms with Crippen molar-refractivity contribution < 1.29 is 19.3 Å². The Labute approximate surface area is 317 Å². The topological polar surface area (TPSA) is 186 Å². The number of fused-ring (bicyclic) bond motifs is 2. The second kappa shape index (κ2) is 15.7. The lowest BCUT2D eigenvalue weighted by Crippen LogP contribution is -2.21. The lowest BCUT2D eigenvalue weighted by Gasteiger charge is -2.06. The average molecular weight is 800 g/mol. The zero-order chi connectivity index (χ0) is 38.0. The van der Waals surface area contributed by atoms with Gasteiger partial charge in [-0.1, -0.05) is 52.5 Å². The molecule has 0 saturated heterocycles. The predicted molar refractivity (Wildman–Crippen MR) is 203 cm³/mol. The van der Waals surface area contributed by atoms with E-state index in [0.717, 1.165) is 9.36 Å². The summed E-state index contributed by atoms with van der Waals surface area (Å²) in [5.74, 6) is -0.928. The molecule has 0 fully saturated rings. The number of hydrogen-bond donors (Lipinski definition) is 4. The average Bonchev–Trinajstić information content (AvgIpc) is 3.62. The highest BCUT2D eigenvalue weighted by Gasteiger charge is 2.25. The smallest absolute Gasteiger partial charge is 0.339 e. The number of ether oxygens (including phenoxy) is 1. The number of hydrogen-bond acceptors (Lipinski definition) is 8. The van der Waals surface area contributed by atoms with Gasteiger partial charge in [-0.3, -0.25) is 29.4 Å². The molecule has 18 heteroatoms. The van der Waals surface area contributed by atoms with Crippen LogP contribution in [0.5, 0.6) is 0 Å². The molecule has 6 rings (SSSR count). The number of pyridine rings is 2. The minimum Gasteiger partial charge on any atom is -0.462 e. The van der Waals surface area contributed by atoms with Crippen molar-refractivity contribution in [2.24, 2.45) is 0 Å². The first-order chi connectivity index (χ1) is 25.4. The quantitative estimate of drug-likeness (QED) is 0.0287. The molecule has 4 heterocycles. The minimum atomic E-state index is -0.928. The normalized spacial score (nSPS) is 11.4. The van der Waals surface area contributed by atoms with E-state index in [1.54, 1.807) is 19.9 Å². The number of H-pyrrole nitrogens is 4. The van der Waals surface area contributed by atoms with Crippen LogP contribution >= 0.6 is 46.4 Å². The Morgan fingerprint density at radius 2 is 1.34 bits per heavy atom. The number of benzene rings is 2. The molecule has 14 nitrogen and oxygen atoms in total. The Morgan fingerprint density at radius 1 is 0.774 bits per heavy atom. The van der Waals surface area contributed by atoms with Crippen molar-refractivity contribution in [3.05, 3.63) is 138 Å². The van der Waals surface area contributed by atoms with E-state index in [-0.39, 0.29) is 85.6 Å². The van der Waals surface area contributed by atoms with Crippen LogP contribution in [-0.2, 0) is 21.1 Å². The molecule has 272 valence electrons. The van der Waals surface area contributed by atoms with Crippen LogP contribution in [0, 0.1) is 0 Å². The summed E-state index contributed by atoms with van der Waals surface area (Å²) in [6.07, 6.45) is 5.34. The predicted octanol–water partition coefficient (Wildman–Crippen LogP) is 6.47. The van der Waals surface area contributed by atoms with E-state index in [0.29, 0.717) is 10.0 Å². The highest BCUT2D eigenvalue weighted by Crippen LogP contribution is 2.26. The van der Waals surface area contributed by atoms with E-state index >= 15 is 0 Å². The van der Waals surface area contributed by atoms with Crippen molar-refractivity contribution in [3.8, 4) is 11.4 Å². The standard InChI is InChI=1S/C35H26Cl4N6O8/c1-3-51-35(50)26-20(32(47)41-30-28(26)34(49)45(43-30)25-15-18(37)11-13-23(25)39)9-7-5-6-8-19-21(16-53-52-4-2)27-29(40-31(19)46)42-44(33(27)48)24-14-17(36)10-12-22(24)38/h5-6,8-15H,3-4,16H2,1-2H3,(H2,40,42,46)(H2,41,43,47). The maximum atomic E-state index is 13.7. The molecule has 0 aliphatic rings. The first-order valence-electron chi connectivity index (χ1n) is 15.7. The number of rotatable bonds is 11. The van der Waals surface area contributed by atoms with Crippen molar-refractivity contribution in [2.45, 2.75) is 20.5 Å². The van der Waals surface area contributed by atoms with Gasteiger partial charge >= 0.3 is 5.97 Å². The Hall–Kier alpha value is -5.31. The van der Waals surface area contributed by atoms with Crippen LogP contribution in [0.3, 0.4) is 0 Å². The van der Waals surface area contributed by atoms with Crippen molar-refractivity contribution >= 4 is 86.6 Å². The molecule has 0 bridgehead atoms. The van der Waals surface area contributed by atoms with Crippen molar-refractivity contribution in [1.29, 1.82) is 0 Å². The number of carbonyl (C=O) groups excluding carboxylic acids is 1. The molecule has 2 aromatic carbocycles. The van der Waals surface area contributed by atoms with Gasteiger partial charge in [0.25, 0.3) is 22.2 Å². The summed E-state index contributed by atoms with van der Waals surface area (Å²) < 4.78 is 7.40. The molecule has 0 spiro atoms. The first kappa shape index (κ1) is 37.4. The molecular weight excluding hydrogens is 774 g/mol. The van der Waals surface area contributed by atoms with Crippen LogP contribution in [0.15, 0.2) is 73.5 Å². The van der Waals surface area contributed by atoms with Crippen molar-refractivity contribution in [3.63, 3.8) is 0 Å². The Kier molecular flexibility index (Phi) is 11.1. The first-order valence-corrected chi connectivity index (χ1v) is 17.2. The van der Waals surface area contributed by atoms with Gasteiger partial charge in [-0.25, -0.2) is 23.9 Å². The van der Waals surface area contributed by atoms with Gasteiger partial charge in [-0.2, -0.15) is 0 Å². The van der Waals surface area contributed by atoms with Gasteiger partial charge in [0.1, 0.15) is 17.9 Å². The summed E-state index contributed by atoms with van der Waals surface area (Å²) in [5.41, 5.74) is 0.385. The molecule has 0 aliphatic heterocycles. The van der Waals surface area contributed by atoms with Crippen LogP contribution in [-0.4, -0.2) is 48.7 Å². The monoisotopic (exact) mass is 798 g/mol. The minimum absolute atomic E-state index is 0.0415. The number of halogens is 4. The number of aromatic amines is 4. The third-order valence-electron chi connectivity index (χ3n) is 7.76. The molecule has 0 saturated carbocycles. The molecule has 0 unspecified atom stereocenters. The highest BCUT2D eigenvalue weighted by molar-refractivity contribution is 6.35. The maximum absolute atomic E-state index is 13.7. The lowest BCUT2D eigenvalue weighted by atomic mass is 10.1. The third kappa shape index (κ3) is 7.34. The molecule has 4 N–H and O–H groups in total. The van der Waals surface area contributed by atoms with Crippen LogP contribution < -0.4 is 22.2 Å². The SMILES string of the molecule is CCOOCc1c(C=CC=C=Cc2c(C(=O)OCC)c3c(=O)n(-c4cc(Cl)ccc4Cl)[nH]c3[nH]c2=O)c(=O)[nH]c2[nH]n(-c3cc(Cl)ccc3Cl)c(=O)c12. The van der Waals surface area contributed by atoms with E-state index in [1.807, 2.05) is 0 Å². The number of allylic oxidation sites excluding steroid dienone is 2. The molecule has 6 aromatic rings. The largest absolute Gasteiger partial charge is 0.462 e. The zero-order valence-corrected chi connectivity index (χ0v) is 30.6. The molecule has 53 heavy (non-hydrogen) atoms. The number of nitrogens with zero attached hydrogens (tertiary/aromatic N) is 2.